The predicted molar refractivity (Wildman–Crippen MR) is 118 cm³/mol. The van der Waals surface area contributed by atoms with Gasteiger partial charge >= 0.3 is 0 Å². The van der Waals surface area contributed by atoms with Gasteiger partial charge in [-0.15, -0.1) is 0 Å². The minimum absolute atomic E-state index is 0.152. The van der Waals surface area contributed by atoms with Crippen LogP contribution in [0.5, 0.6) is 11.5 Å². The number of rotatable bonds is 5. The molecule has 0 radical (unpaired) electrons. The molecule has 0 spiro atoms. The molecule has 7 heteroatoms. The van der Waals surface area contributed by atoms with Gasteiger partial charge in [0.05, 0.1) is 16.8 Å². The average molecular weight is 428 g/mol. The highest BCUT2D eigenvalue weighted by Gasteiger charge is 2.34. The highest BCUT2D eigenvalue weighted by molar-refractivity contribution is 6.23. The van der Waals surface area contributed by atoms with E-state index in [0.29, 0.717) is 29.2 Å². The molecule has 1 aliphatic heterocycles. The summed E-state index contributed by atoms with van der Waals surface area (Å²) in [6, 6.07) is 17.0. The number of nitrogens with zero attached hydrogens (tertiary/aromatic N) is 2. The summed E-state index contributed by atoms with van der Waals surface area (Å²) in [6.07, 6.45) is 0.421. The third-order valence-electron chi connectivity index (χ3n) is 5.36. The monoisotopic (exact) mass is 428 g/mol. The Hall–Kier alpha value is -4.26. The van der Waals surface area contributed by atoms with E-state index in [1.165, 1.54) is 19.2 Å². The first-order valence-electron chi connectivity index (χ1n) is 9.90. The van der Waals surface area contributed by atoms with Crippen molar-refractivity contribution in [2.75, 3.05) is 11.9 Å². The van der Waals surface area contributed by atoms with Gasteiger partial charge in [0.15, 0.2) is 0 Å². The lowest BCUT2D eigenvalue weighted by Crippen LogP contribution is -2.30. The molecule has 0 aliphatic carbocycles. The maximum Gasteiger partial charge on any atom is 0.265 e. The van der Waals surface area contributed by atoms with E-state index in [0.717, 1.165) is 15.4 Å². The highest BCUT2D eigenvalue weighted by Crippen LogP contribution is 2.28. The molecular formula is C25H20N2O5. The number of aryl methyl sites for hydroxylation is 2. The second kappa shape index (κ2) is 8.11. The van der Waals surface area contributed by atoms with Crippen molar-refractivity contribution < 1.29 is 23.9 Å². The van der Waals surface area contributed by atoms with Crippen molar-refractivity contribution in [2.24, 2.45) is 0 Å². The molecule has 0 N–H and O–H groups in total. The molecule has 0 fully saturated rings. The van der Waals surface area contributed by atoms with E-state index in [9.17, 15) is 19.2 Å². The predicted octanol–water partition coefficient (Wildman–Crippen LogP) is 4.12. The second-order valence-electron chi connectivity index (χ2n) is 7.57. The number of carbonyl (C=O) groups excluding carboxylic acids is 4. The molecule has 1 aliphatic rings. The van der Waals surface area contributed by atoms with E-state index in [1.807, 2.05) is 31.2 Å². The zero-order valence-electron chi connectivity index (χ0n) is 17.8. The summed E-state index contributed by atoms with van der Waals surface area (Å²) in [4.78, 5) is 51.3. The Morgan fingerprint density at radius 2 is 1.41 bits per heavy atom. The quantitative estimate of drug-likeness (QED) is 0.451. The molecule has 0 saturated carbocycles. The average Bonchev–Trinajstić information content (AvgIpc) is 2.99. The third-order valence-corrected chi connectivity index (χ3v) is 5.36. The lowest BCUT2D eigenvalue weighted by atomic mass is 9.99. The van der Waals surface area contributed by atoms with Gasteiger partial charge in [-0.25, -0.2) is 4.90 Å². The van der Waals surface area contributed by atoms with Gasteiger partial charge in [0, 0.05) is 12.6 Å². The topological polar surface area (TPSA) is 84.0 Å². The Balaban J connectivity index is 1.60. The molecule has 3 aromatic carbocycles. The number of carbonyl (C=O) groups is 4. The van der Waals surface area contributed by atoms with Crippen LogP contribution >= 0.6 is 0 Å². The number of ether oxygens (including phenoxy) is 1. The Morgan fingerprint density at radius 3 is 1.97 bits per heavy atom. The number of hydrogen-bond acceptors (Lipinski definition) is 5. The van der Waals surface area contributed by atoms with E-state index in [4.69, 9.17) is 4.74 Å². The van der Waals surface area contributed by atoms with Crippen LogP contribution in [0.2, 0.25) is 0 Å². The lowest BCUT2D eigenvalue weighted by molar-refractivity contribution is -0.106. The maximum absolute atomic E-state index is 13.1. The Labute approximate surface area is 184 Å². The lowest BCUT2D eigenvalue weighted by Gasteiger charge is -2.18. The van der Waals surface area contributed by atoms with Gasteiger partial charge in [-0.3, -0.25) is 24.1 Å². The molecule has 32 heavy (non-hydrogen) atoms. The number of imide groups is 2. The van der Waals surface area contributed by atoms with Crippen LogP contribution in [-0.4, -0.2) is 36.1 Å². The van der Waals surface area contributed by atoms with Crippen molar-refractivity contribution in [1.82, 2.24) is 4.90 Å². The van der Waals surface area contributed by atoms with Crippen LogP contribution in [0.25, 0.3) is 0 Å². The molecule has 3 aromatic rings. The highest BCUT2D eigenvalue weighted by atomic mass is 16.5. The molecule has 160 valence electrons. The van der Waals surface area contributed by atoms with Crippen molar-refractivity contribution >= 4 is 29.8 Å². The van der Waals surface area contributed by atoms with Gasteiger partial charge in [0.2, 0.25) is 6.41 Å². The van der Waals surface area contributed by atoms with Crippen LogP contribution in [0.4, 0.5) is 5.69 Å². The van der Waals surface area contributed by atoms with Crippen molar-refractivity contribution in [2.45, 2.75) is 13.8 Å². The number of anilines is 1. The molecule has 1 heterocycles. The van der Waals surface area contributed by atoms with Gasteiger partial charge in [0.25, 0.3) is 17.7 Å². The van der Waals surface area contributed by atoms with Crippen molar-refractivity contribution in [3.63, 3.8) is 0 Å². The molecule has 4 amide bonds. The first-order chi connectivity index (χ1) is 15.3. The SMILES string of the molecule is Cc1ccc(Oc2ccc(N(C=O)C(=O)c3cc4c(cc3C)C(=O)N(C)C4=O)cc2)cc1. The van der Waals surface area contributed by atoms with Gasteiger partial charge in [-0.1, -0.05) is 17.7 Å². The zero-order valence-corrected chi connectivity index (χ0v) is 17.8. The molecule has 4 rings (SSSR count). The fourth-order valence-electron chi connectivity index (χ4n) is 3.52. The molecule has 0 unspecified atom stereocenters. The van der Waals surface area contributed by atoms with E-state index in [2.05, 4.69) is 0 Å². The van der Waals surface area contributed by atoms with Gasteiger partial charge in [-0.2, -0.15) is 0 Å². The van der Waals surface area contributed by atoms with E-state index in [1.54, 1.807) is 31.2 Å². The summed E-state index contributed by atoms with van der Waals surface area (Å²) in [7, 11) is 1.39. The largest absolute Gasteiger partial charge is 0.457 e. The summed E-state index contributed by atoms with van der Waals surface area (Å²) in [5.74, 6) is -0.263. The van der Waals surface area contributed by atoms with Gasteiger partial charge < -0.3 is 4.74 Å². The van der Waals surface area contributed by atoms with Crippen molar-refractivity contribution in [3.05, 3.63) is 88.5 Å². The van der Waals surface area contributed by atoms with Crippen LogP contribution in [0.3, 0.4) is 0 Å². The smallest absolute Gasteiger partial charge is 0.265 e. The molecule has 0 atom stereocenters. The summed E-state index contributed by atoms with van der Waals surface area (Å²) in [5, 5.41) is 0. The maximum atomic E-state index is 13.1. The van der Waals surface area contributed by atoms with Crippen LogP contribution < -0.4 is 9.64 Å². The molecular weight excluding hydrogens is 408 g/mol. The van der Waals surface area contributed by atoms with Crippen molar-refractivity contribution in [3.8, 4) is 11.5 Å². The van der Waals surface area contributed by atoms with E-state index >= 15 is 0 Å². The molecule has 0 saturated heterocycles. The third kappa shape index (κ3) is 3.65. The first kappa shape index (κ1) is 21.0. The fourth-order valence-corrected chi connectivity index (χ4v) is 3.52. The standard InChI is InChI=1S/C25H20N2O5/c1-15-4-8-18(9-5-15)32-19-10-6-17(7-11-19)27(14-28)25(31)20-13-22-21(12-16(20)2)23(29)26(3)24(22)30/h4-14H,1-3H3. The zero-order chi connectivity index (χ0) is 23.0. The number of benzene rings is 3. The minimum Gasteiger partial charge on any atom is -0.457 e. The summed E-state index contributed by atoms with van der Waals surface area (Å²) >= 11 is 0. The Kier molecular flexibility index (Phi) is 5.32. The van der Waals surface area contributed by atoms with Crippen LogP contribution in [0.1, 0.15) is 42.2 Å². The number of amides is 4. The van der Waals surface area contributed by atoms with Crippen molar-refractivity contribution in [1.29, 1.82) is 0 Å². The number of hydrogen-bond donors (Lipinski definition) is 0. The van der Waals surface area contributed by atoms with Gasteiger partial charge in [0.1, 0.15) is 11.5 Å². The van der Waals surface area contributed by atoms with Crippen LogP contribution in [0, 0.1) is 13.8 Å². The van der Waals surface area contributed by atoms with Crippen LogP contribution in [0.15, 0.2) is 60.7 Å². The summed E-state index contributed by atoms with van der Waals surface area (Å²) < 4.78 is 5.78. The number of fused-ring (bicyclic) bond motifs is 1. The second-order valence-corrected chi connectivity index (χ2v) is 7.57. The normalized spacial score (nSPS) is 12.5. The van der Waals surface area contributed by atoms with E-state index < -0.39 is 17.7 Å². The summed E-state index contributed by atoms with van der Waals surface area (Å²) in [5.41, 5.74) is 2.54. The first-order valence-corrected chi connectivity index (χ1v) is 9.90. The van der Waals surface area contributed by atoms with Crippen LogP contribution in [-0.2, 0) is 4.79 Å². The molecule has 0 bridgehead atoms. The fraction of sp³-hybridized carbons (Fsp3) is 0.120. The van der Waals surface area contributed by atoms with E-state index in [-0.39, 0.29) is 16.7 Å². The minimum atomic E-state index is -0.595. The Morgan fingerprint density at radius 1 is 0.875 bits per heavy atom. The molecule has 0 aromatic heterocycles. The molecule has 7 nitrogen and oxygen atoms in total. The Bertz CT molecular complexity index is 1250. The van der Waals surface area contributed by atoms with Gasteiger partial charge in [-0.05, 0) is 67.9 Å². The summed E-state index contributed by atoms with van der Waals surface area (Å²) in [6.45, 7) is 3.64.